The van der Waals surface area contributed by atoms with E-state index in [1.165, 1.54) is 37.1 Å². The Hall–Kier alpha value is -2.42. The Bertz CT molecular complexity index is 823. The number of ether oxygens (including phenoxy) is 1. The first-order valence-electron chi connectivity index (χ1n) is 8.51. The molecule has 0 aliphatic carbocycles. The number of halogens is 1. The van der Waals surface area contributed by atoms with Gasteiger partial charge in [0.2, 0.25) is 5.91 Å². The monoisotopic (exact) mass is 394 g/mol. The summed E-state index contributed by atoms with van der Waals surface area (Å²) in [6, 6.07) is 4.12. The number of amides is 1. The molecule has 0 spiro atoms. The summed E-state index contributed by atoms with van der Waals surface area (Å²) in [6.45, 7) is 4.77. The minimum absolute atomic E-state index is 0.0926. The lowest BCUT2D eigenvalue weighted by atomic mass is 10.1. The van der Waals surface area contributed by atoms with Crippen molar-refractivity contribution in [1.82, 2.24) is 14.8 Å². The second-order valence-corrected chi connectivity index (χ2v) is 7.37. The van der Waals surface area contributed by atoms with Gasteiger partial charge in [-0.15, -0.1) is 10.2 Å². The average Bonchev–Trinajstić information content (AvgIpc) is 2.98. The second kappa shape index (κ2) is 9.50. The molecule has 0 aliphatic rings. The molecule has 1 aromatic heterocycles. The molecule has 9 heteroatoms. The highest BCUT2D eigenvalue weighted by atomic mass is 32.2. The molecule has 1 aromatic carbocycles. The number of aryl methyl sites for hydroxylation is 1. The number of carbonyl (C=O) groups is 2. The maximum Gasteiger partial charge on any atom is 0.217 e. The molecule has 146 valence electrons. The second-order valence-electron chi connectivity index (χ2n) is 6.43. The van der Waals surface area contributed by atoms with E-state index < -0.39 is 11.7 Å². The number of nitrogens with zero attached hydrogens (tertiary/aromatic N) is 3. The van der Waals surface area contributed by atoms with E-state index in [9.17, 15) is 14.0 Å². The zero-order valence-electron chi connectivity index (χ0n) is 15.6. The number of ketones is 1. The molecule has 7 nitrogen and oxygen atoms in total. The Kier molecular flexibility index (Phi) is 7.35. The molecular weight excluding hydrogens is 371 g/mol. The fourth-order valence-corrected chi connectivity index (χ4v) is 3.31. The maximum absolute atomic E-state index is 13.8. The van der Waals surface area contributed by atoms with Crippen LogP contribution >= 0.6 is 11.8 Å². The molecule has 2 aromatic rings. The molecule has 2 N–H and O–H groups in total. The summed E-state index contributed by atoms with van der Waals surface area (Å²) in [5.74, 6) is -0.0240. The van der Waals surface area contributed by atoms with Crippen molar-refractivity contribution < 1.29 is 18.7 Å². The maximum atomic E-state index is 13.8. The lowest BCUT2D eigenvalue weighted by molar-refractivity contribution is -0.118. The van der Waals surface area contributed by atoms with Crippen LogP contribution in [0, 0.1) is 11.7 Å². The van der Waals surface area contributed by atoms with Crippen molar-refractivity contribution >= 4 is 23.5 Å². The van der Waals surface area contributed by atoms with Gasteiger partial charge in [0.25, 0.3) is 0 Å². The van der Waals surface area contributed by atoms with Crippen LogP contribution in [0.3, 0.4) is 0 Å². The minimum Gasteiger partial charge on any atom is -0.494 e. The molecule has 0 saturated carbocycles. The number of primary amides is 1. The van der Waals surface area contributed by atoms with Crippen LogP contribution in [-0.2, 0) is 17.8 Å². The molecule has 1 heterocycles. The van der Waals surface area contributed by atoms with E-state index in [0.29, 0.717) is 29.9 Å². The molecule has 0 atom stereocenters. The first-order valence-corrected chi connectivity index (χ1v) is 9.50. The fourth-order valence-electron chi connectivity index (χ4n) is 2.45. The molecule has 0 saturated heterocycles. The van der Waals surface area contributed by atoms with E-state index in [1.54, 1.807) is 0 Å². The number of carbonyl (C=O) groups excluding carboxylic acids is 2. The predicted molar refractivity (Wildman–Crippen MR) is 100 cm³/mol. The van der Waals surface area contributed by atoms with Crippen molar-refractivity contribution in [2.24, 2.45) is 11.7 Å². The largest absolute Gasteiger partial charge is 0.494 e. The number of rotatable bonds is 10. The number of thioether (sulfide) groups is 1. The summed E-state index contributed by atoms with van der Waals surface area (Å²) in [5.41, 5.74) is 5.48. The van der Waals surface area contributed by atoms with Gasteiger partial charge in [-0.1, -0.05) is 25.6 Å². The van der Waals surface area contributed by atoms with Crippen molar-refractivity contribution in [1.29, 1.82) is 0 Å². The molecule has 0 unspecified atom stereocenters. The van der Waals surface area contributed by atoms with Gasteiger partial charge in [0.15, 0.2) is 22.5 Å². The van der Waals surface area contributed by atoms with E-state index in [-0.39, 0.29) is 29.3 Å². The summed E-state index contributed by atoms with van der Waals surface area (Å²) in [6.07, 6.45) is 0.582. The fraction of sp³-hybridized carbons (Fsp3) is 0.444. The topological polar surface area (TPSA) is 100 Å². The molecule has 0 radical (unpaired) electrons. The molecular formula is C18H23FN4O3S. The normalized spacial score (nSPS) is 11.0. The zero-order chi connectivity index (χ0) is 20.0. The van der Waals surface area contributed by atoms with Gasteiger partial charge in [-0.3, -0.25) is 9.59 Å². The highest BCUT2D eigenvalue weighted by Gasteiger charge is 2.17. The van der Waals surface area contributed by atoms with Crippen molar-refractivity contribution in [3.63, 3.8) is 0 Å². The summed E-state index contributed by atoms with van der Waals surface area (Å²) in [4.78, 5) is 23.4. The third-order valence-electron chi connectivity index (χ3n) is 3.74. The smallest absolute Gasteiger partial charge is 0.217 e. The van der Waals surface area contributed by atoms with Crippen molar-refractivity contribution in [2.45, 2.75) is 38.4 Å². The van der Waals surface area contributed by atoms with Crippen LogP contribution in [0.2, 0.25) is 0 Å². The summed E-state index contributed by atoms with van der Waals surface area (Å²) < 4.78 is 20.5. The number of Topliss-reactive ketones (excluding diaryl/α,β-unsaturated/α-hetero) is 1. The molecule has 0 fully saturated rings. The summed E-state index contributed by atoms with van der Waals surface area (Å²) in [5, 5.41) is 8.85. The molecule has 0 aliphatic heterocycles. The number of aromatic nitrogens is 3. The third kappa shape index (κ3) is 5.78. The minimum atomic E-state index is -0.579. The van der Waals surface area contributed by atoms with Gasteiger partial charge in [-0.25, -0.2) is 4.39 Å². The van der Waals surface area contributed by atoms with E-state index in [4.69, 9.17) is 10.5 Å². The van der Waals surface area contributed by atoms with Gasteiger partial charge >= 0.3 is 0 Å². The van der Waals surface area contributed by atoms with E-state index in [0.717, 1.165) is 0 Å². The van der Waals surface area contributed by atoms with Gasteiger partial charge < -0.3 is 15.0 Å². The lowest BCUT2D eigenvalue weighted by Gasteiger charge is -2.12. The Morgan fingerprint density at radius 2 is 2.07 bits per heavy atom. The SMILES string of the molecule is COc1ccc(C(=O)CSc2nnc(CCC(N)=O)n2CC(C)C)cc1F. The van der Waals surface area contributed by atoms with Crippen molar-refractivity contribution in [3.8, 4) is 5.75 Å². The zero-order valence-corrected chi connectivity index (χ0v) is 16.4. The van der Waals surface area contributed by atoms with Crippen LogP contribution in [-0.4, -0.2) is 39.3 Å². The average molecular weight is 394 g/mol. The van der Waals surface area contributed by atoms with E-state index in [2.05, 4.69) is 24.0 Å². The van der Waals surface area contributed by atoms with Crippen LogP contribution in [0.4, 0.5) is 4.39 Å². The van der Waals surface area contributed by atoms with Crippen LogP contribution < -0.4 is 10.5 Å². The summed E-state index contributed by atoms with van der Waals surface area (Å²) in [7, 11) is 1.37. The Morgan fingerprint density at radius 3 is 2.67 bits per heavy atom. The van der Waals surface area contributed by atoms with Crippen LogP contribution in [0.25, 0.3) is 0 Å². The highest BCUT2D eigenvalue weighted by molar-refractivity contribution is 7.99. The lowest BCUT2D eigenvalue weighted by Crippen LogP contribution is -2.15. The number of hydrogen-bond acceptors (Lipinski definition) is 6. The number of methoxy groups -OCH3 is 1. The number of hydrogen-bond donors (Lipinski definition) is 1. The first-order chi connectivity index (χ1) is 12.8. The number of benzene rings is 1. The van der Waals surface area contributed by atoms with Gasteiger partial charge in [0.1, 0.15) is 5.82 Å². The Balaban J connectivity index is 2.10. The molecule has 0 bridgehead atoms. The van der Waals surface area contributed by atoms with Gasteiger partial charge in [-0.2, -0.15) is 0 Å². The van der Waals surface area contributed by atoms with Crippen molar-refractivity contribution in [3.05, 3.63) is 35.4 Å². The Labute approximate surface area is 161 Å². The van der Waals surface area contributed by atoms with Gasteiger partial charge in [0, 0.05) is 24.9 Å². The summed E-state index contributed by atoms with van der Waals surface area (Å²) >= 11 is 1.23. The van der Waals surface area contributed by atoms with Crippen LogP contribution in [0.5, 0.6) is 5.75 Å². The first kappa shape index (κ1) is 20.9. The van der Waals surface area contributed by atoms with Gasteiger partial charge in [0.05, 0.1) is 12.9 Å². The number of nitrogens with two attached hydrogens (primary N) is 1. The Morgan fingerprint density at radius 1 is 1.33 bits per heavy atom. The van der Waals surface area contributed by atoms with Gasteiger partial charge in [-0.05, 0) is 24.1 Å². The third-order valence-corrected chi connectivity index (χ3v) is 4.71. The quantitative estimate of drug-likeness (QED) is 0.491. The van der Waals surface area contributed by atoms with Crippen LogP contribution in [0.1, 0.15) is 36.5 Å². The van der Waals surface area contributed by atoms with E-state index >= 15 is 0 Å². The van der Waals surface area contributed by atoms with Crippen LogP contribution in [0.15, 0.2) is 23.4 Å². The highest BCUT2D eigenvalue weighted by Crippen LogP contribution is 2.23. The van der Waals surface area contributed by atoms with E-state index in [1.807, 2.05) is 4.57 Å². The molecule has 1 amide bonds. The molecule has 2 rings (SSSR count). The predicted octanol–water partition coefficient (Wildman–Crippen LogP) is 2.47. The standard InChI is InChI=1S/C18H23FN4O3S/c1-11(2)9-23-17(7-6-16(20)25)21-22-18(23)27-10-14(24)12-4-5-15(26-3)13(19)8-12/h4-5,8,11H,6-7,9-10H2,1-3H3,(H2,20,25). The molecule has 27 heavy (non-hydrogen) atoms. The van der Waals surface area contributed by atoms with Crippen molar-refractivity contribution in [2.75, 3.05) is 12.9 Å².